The highest BCUT2D eigenvalue weighted by molar-refractivity contribution is 7.15. The molecule has 0 spiro atoms. The number of hydrogen-bond acceptors (Lipinski definition) is 6. The second kappa shape index (κ2) is 7.89. The smallest absolute Gasteiger partial charge is 0.173 e. The maximum atomic E-state index is 4.84. The molecule has 0 aliphatic carbocycles. The van der Waals surface area contributed by atoms with E-state index in [1.54, 1.807) is 11.3 Å². The minimum Gasteiger partial charge on any atom is -0.293 e. The van der Waals surface area contributed by atoms with Crippen molar-refractivity contribution in [2.24, 2.45) is 4.99 Å². The molecule has 2 aliphatic heterocycles. The first-order chi connectivity index (χ1) is 13.8. The molecule has 0 radical (unpaired) electrons. The number of aliphatic imine (C=N–C) groups is 1. The monoisotopic (exact) mass is 389 g/mol. The van der Waals surface area contributed by atoms with Gasteiger partial charge in [-0.05, 0) is 19.3 Å². The molecule has 5 nitrogen and oxygen atoms in total. The van der Waals surface area contributed by atoms with Crippen LogP contribution in [0.2, 0.25) is 0 Å². The van der Waals surface area contributed by atoms with Crippen molar-refractivity contribution in [1.82, 2.24) is 19.9 Å². The average molecular weight is 390 g/mol. The van der Waals surface area contributed by atoms with E-state index in [0.717, 1.165) is 55.6 Å². The van der Waals surface area contributed by atoms with Gasteiger partial charge in [-0.15, -0.1) is 11.3 Å². The van der Waals surface area contributed by atoms with E-state index in [1.807, 2.05) is 18.5 Å². The van der Waals surface area contributed by atoms with Gasteiger partial charge in [-0.25, -0.2) is 15.0 Å². The molecular formula is C22H23N5S. The van der Waals surface area contributed by atoms with Crippen molar-refractivity contribution in [2.45, 2.75) is 38.8 Å². The quantitative estimate of drug-likeness (QED) is 0.673. The molecule has 3 aromatic rings. The van der Waals surface area contributed by atoms with E-state index in [-0.39, 0.29) is 0 Å². The largest absolute Gasteiger partial charge is 0.293 e. The lowest BCUT2D eigenvalue weighted by Crippen LogP contribution is -2.31. The molecule has 2 aromatic heterocycles. The van der Waals surface area contributed by atoms with Crippen LogP contribution in [0.4, 0.5) is 0 Å². The Hall–Kier alpha value is -2.44. The maximum Gasteiger partial charge on any atom is 0.173 e. The van der Waals surface area contributed by atoms with Crippen LogP contribution in [0.1, 0.15) is 41.2 Å². The van der Waals surface area contributed by atoms with Crippen LogP contribution < -0.4 is 0 Å². The minimum absolute atomic E-state index is 0.849. The molecule has 142 valence electrons. The summed E-state index contributed by atoms with van der Waals surface area (Å²) in [6.45, 7) is 3.77. The van der Waals surface area contributed by atoms with E-state index < -0.39 is 0 Å². The van der Waals surface area contributed by atoms with E-state index in [4.69, 9.17) is 4.98 Å². The lowest BCUT2D eigenvalue weighted by molar-refractivity contribution is 0.245. The highest BCUT2D eigenvalue weighted by Gasteiger charge is 2.21. The number of rotatable bonds is 4. The summed E-state index contributed by atoms with van der Waals surface area (Å²) >= 11 is 1.78. The third kappa shape index (κ3) is 3.75. The molecule has 5 rings (SSSR count). The second-order valence-corrected chi connectivity index (χ2v) is 8.52. The van der Waals surface area contributed by atoms with Crippen molar-refractivity contribution in [2.75, 3.05) is 13.1 Å². The van der Waals surface area contributed by atoms with Crippen LogP contribution in [0.25, 0.3) is 10.6 Å². The van der Waals surface area contributed by atoms with E-state index in [0.29, 0.717) is 0 Å². The van der Waals surface area contributed by atoms with Crippen molar-refractivity contribution in [3.8, 4) is 10.6 Å². The van der Waals surface area contributed by atoms with Crippen LogP contribution >= 0.6 is 11.3 Å². The Kier molecular flexibility index (Phi) is 4.97. The zero-order chi connectivity index (χ0) is 18.8. The third-order valence-electron chi connectivity index (χ3n) is 5.35. The van der Waals surface area contributed by atoms with E-state index in [2.05, 4.69) is 44.1 Å². The fourth-order valence-corrected chi connectivity index (χ4v) is 4.80. The highest BCUT2D eigenvalue weighted by atomic mass is 32.1. The first kappa shape index (κ1) is 17.6. The molecule has 0 amide bonds. The number of hydrogen-bond donors (Lipinski definition) is 0. The van der Waals surface area contributed by atoms with E-state index in [9.17, 15) is 0 Å². The molecule has 0 bridgehead atoms. The van der Waals surface area contributed by atoms with Gasteiger partial charge in [-0.2, -0.15) is 0 Å². The molecule has 1 aromatic carbocycles. The molecule has 0 saturated carbocycles. The van der Waals surface area contributed by atoms with Crippen LogP contribution in [0.5, 0.6) is 0 Å². The fourth-order valence-electron chi connectivity index (χ4n) is 3.84. The summed E-state index contributed by atoms with van der Waals surface area (Å²) in [6, 6.07) is 10.4. The van der Waals surface area contributed by atoms with Crippen molar-refractivity contribution in [3.63, 3.8) is 0 Å². The predicted molar refractivity (Wildman–Crippen MR) is 113 cm³/mol. The van der Waals surface area contributed by atoms with E-state index >= 15 is 0 Å². The fraction of sp³-hybridized carbons (Fsp3) is 0.364. The summed E-state index contributed by atoms with van der Waals surface area (Å²) < 4.78 is 0. The highest BCUT2D eigenvalue weighted by Crippen LogP contribution is 2.27. The van der Waals surface area contributed by atoms with Crippen molar-refractivity contribution < 1.29 is 0 Å². The Labute approximate surface area is 169 Å². The molecule has 6 heteroatoms. The summed E-state index contributed by atoms with van der Waals surface area (Å²) in [4.78, 5) is 22.5. The molecular weight excluding hydrogens is 366 g/mol. The molecule has 28 heavy (non-hydrogen) atoms. The Balaban J connectivity index is 1.27. The normalized spacial score (nSPS) is 17.2. The van der Waals surface area contributed by atoms with Gasteiger partial charge in [0.15, 0.2) is 5.82 Å². The van der Waals surface area contributed by atoms with Gasteiger partial charge in [0, 0.05) is 61.0 Å². The zero-order valence-corrected chi connectivity index (χ0v) is 16.7. The van der Waals surface area contributed by atoms with Gasteiger partial charge < -0.3 is 0 Å². The number of nitrogens with zero attached hydrogens (tertiary/aromatic N) is 5. The number of thiazole rings is 1. The standard InChI is InChI=1S/C22H23N5S/c1-2-6-16(7-3-1)22-25-13-18(28-22)15-27-11-9-19-17(14-27)12-24-21(26-19)20-8-4-5-10-23-20/h1-3,6-7,12-13H,4-5,8-11,14-15H2. The molecule has 0 N–H and O–H groups in total. The molecule has 0 atom stereocenters. The topological polar surface area (TPSA) is 54.3 Å². The summed E-state index contributed by atoms with van der Waals surface area (Å²) in [5.74, 6) is 0.849. The average Bonchev–Trinajstić information content (AvgIpc) is 3.23. The summed E-state index contributed by atoms with van der Waals surface area (Å²) in [7, 11) is 0. The van der Waals surface area contributed by atoms with Gasteiger partial charge in [0.2, 0.25) is 0 Å². The molecule has 0 fully saturated rings. The Morgan fingerprint density at radius 2 is 1.93 bits per heavy atom. The van der Waals surface area contributed by atoms with Gasteiger partial charge in [-0.1, -0.05) is 30.3 Å². The lowest BCUT2D eigenvalue weighted by Gasteiger charge is -2.27. The number of fused-ring (bicyclic) bond motifs is 1. The van der Waals surface area contributed by atoms with Gasteiger partial charge in [-0.3, -0.25) is 9.89 Å². The van der Waals surface area contributed by atoms with Crippen molar-refractivity contribution >= 4 is 17.0 Å². The Morgan fingerprint density at radius 1 is 1.00 bits per heavy atom. The van der Waals surface area contributed by atoms with Gasteiger partial charge in [0.25, 0.3) is 0 Å². The van der Waals surface area contributed by atoms with Gasteiger partial charge >= 0.3 is 0 Å². The number of benzene rings is 1. The zero-order valence-electron chi connectivity index (χ0n) is 15.8. The molecule has 0 saturated heterocycles. The number of aromatic nitrogens is 3. The van der Waals surface area contributed by atoms with Crippen LogP contribution in [0.15, 0.2) is 47.7 Å². The Morgan fingerprint density at radius 3 is 2.79 bits per heavy atom. The first-order valence-electron chi connectivity index (χ1n) is 9.96. The van der Waals surface area contributed by atoms with Crippen LogP contribution in [-0.2, 0) is 19.5 Å². The second-order valence-electron chi connectivity index (χ2n) is 7.41. The Bertz CT molecular complexity index is 995. The summed E-state index contributed by atoms with van der Waals surface area (Å²) in [5, 5.41) is 1.09. The predicted octanol–water partition coefficient (Wildman–Crippen LogP) is 4.13. The SMILES string of the molecule is c1ccc(-c2ncc(CN3CCc4nc(C5=NCCCC5)ncc4C3)s2)cc1. The molecule has 0 unspecified atom stereocenters. The molecule has 4 heterocycles. The van der Waals surface area contributed by atoms with Crippen LogP contribution in [0, 0.1) is 0 Å². The van der Waals surface area contributed by atoms with Crippen molar-refractivity contribution in [1.29, 1.82) is 0 Å². The molecule has 2 aliphatic rings. The third-order valence-corrected chi connectivity index (χ3v) is 6.38. The lowest BCUT2D eigenvalue weighted by atomic mass is 10.1. The van der Waals surface area contributed by atoms with Gasteiger partial charge in [0.1, 0.15) is 5.01 Å². The van der Waals surface area contributed by atoms with Crippen LogP contribution in [0.3, 0.4) is 0 Å². The first-order valence-corrected chi connectivity index (χ1v) is 10.8. The van der Waals surface area contributed by atoms with E-state index in [1.165, 1.54) is 34.5 Å². The van der Waals surface area contributed by atoms with Crippen molar-refractivity contribution in [3.05, 3.63) is 64.7 Å². The summed E-state index contributed by atoms with van der Waals surface area (Å²) in [5.41, 5.74) is 4.73. The minimum atomic E-state index is 0.849. The van der Waals surface area contributed by atoms with Gasteiger partial charge in [0.05, 0.1) is 11.4 Å². The summed E-state index contributed by atoms with van der Waals surface area (Å²) in [6.07, 6.45) is 8.41. The van der Waals surface area contributed by atoms with Crippen LogP contribution in [-0.4, -0.2) is 38.7 Å². The maximum absolute atomic E-state index is 4.84.